The number of hydrogen-bond acceptors (Lipinski definition) is 3. The zero-order valence-electron chi connectivity index (χ0n) is 15.7. The van der Waals surface area contributed by atoms with E-state index in [0.717, 1.165) is 53.9 Å². The van der Waals surface area contributed by atoms with Gasteiger partial charge in [0, 0.05) is 37.1 Å². The van der Waals surface area contributed by atoms with E-state index in [-0.39, 0.29) is 18.3 Å². The smallest absolute Gasteiger partial charge is 0.254 e. The molecule has 4 nitrogen and oxygen atoms in total. The van der Waals surface area contributed by atoms with Gasteiger partial charge >= 0.3 is 0 Å². The Morgan fingerprint density at radius 1 is 1.04 bits per heavy atom. The summed E-state index contributed by atoms with van der Waals surface area (Å²) in [6, 6.07) is 16.2. The number of aryl methyl sites for hydroxylation is 2. The molecule has 3 aromatic rings. The van der Waals surface area contributed by atoms with Crippen molar-refractivity contribution in [2.24, 2.45) is 0 Å². The summed E-state index contributed by atoms with van der Waals surface area (Å²) in [6.07, 6.45) is 0. The molecule has 0 bridgehead atoms. The zero-order valence-corrected chi connectivity index (χ0v) is 16.5. The van der Waals surface area contributed by atoms with Crippen LogP contribution in [0.2, 0.25) is 0 Å². The van der Waals surface area contributed by atoms with Crippen molar-refractivity contribution in [3.63, 3.8) is 0 Å². The molecule has 1 amide bonds. The first kappa shape index (κ1) is 19.3. The number of amides is 1. The number of para-hydroxylation sites is 1. The van der Waals surface area contributed by atoms with E-state index in [0.29, 0.717) is 0 Å². The summed E-state index contributed by atoms with van der Waals surface area (Å²) >= 11 is 0. The van der Waals surface area contributed by atoms with Crippen LogP contribution in [0.5, 0.6) is 0 Å². The van der Waals surface area contributed by atoms with E-state index in [1.807, 2.05) is 35.2 Å². The second kappa shape index (κ2) is 8.07. The summed E-state index contributed by atoms with van der Waals surface area (Å²) in [5.41, 5.74) is 5.95. The number of benzene rings is 2. The van der Waals surface area contributed by atoms with Crippen molar-refractivity contribution < 1.29 is 4.79 Å². The van der Waals surface area contributed by atoms with Crippen LogP contribution >= 0.6 is 12.4 Å². The van der Waals surface area contributed by atoms with Crippen molar-refractivity contribution in [1.29, 1.82) is 0 Å². The van der Waals surface area contributed by atoms with Crippen LogP contribution in [0.15, 0.2) is 48.5 Å². The van der Waals surface area contributed by atoms with Crippen molar-refractivity contribution in [3.8, 4) is 11.3 Å². The van der Waals surface area contributed by atoms with Crippen molar-refractivity contribution >= 4 is 29.2 Å². The van der Waals surface area contributed by atoms with Crippen LogP contribution in [0.3, 0.4) is 0 Å². The van der Waals surface area contributed by atoms with Crippen LogP contribution in [-0.2, 0) is 0 Å². The lowest BCUT2D eigenvalue weighted by molar-refractivity contribution is 0.0738. The molecule has 0 spiro atoms. The average molecular weight is 382 g/mol. The highest BCUT2D eigenvalue weighted by atomic mass is 35.5. The third-order valence-corrected chi connectivity index (χ3v) is 5.01. The first-order valence-corrected chi connectivity index (χ1v) is 9.11. The number of rotatable bonds is 2. The van der Waals surface area contributed by atoms with E-state index >= 15 is 0 Å². The molecule has 0 unspecified atom stereocenters. The number of fused-ring (bicyclic) bond motifs is 1. The number of hydrogen-bond donors (Lipinski definition) is 1. The van der Waals surface area contributed by atoms with Gasteiger partial charge in [0.15, 0.2) is 0 Å². The van der Waals surface area contributed by atoms with Gasteiger partial charge < -0.3 is 10.2 Å². The molecule has 1 saturated heterocycles. The van der Waals surface area contributed by atoms with Crippen LogP contribution in [0.25, 0.3) is 22.2 Å². The maximum atomic E-state index is 13.2. The zero-order chi connectivity index (χ0) is 18.1. The fourth-order valence-electron chi connectivity index (χ4n) is 3.63. The van der Waals surface area contributed by atoms with E-state index in [9.17, 15) is 4.79 Å². The van der Waals surface area contributed by atoms with Gasteiger partial charge in [-0.15, -0.1) is 12.4 Å². The first-order valence-electron chi connectivity index (χ1n) is 9.11. The number of piperazine rings is 1. The van der Waals surface area contributed by atoms with Crippen molar-refractivity contribution in [2.45, 2.75) is 13.8 Å². The molecule has 1 aliphatic heterocycles. The van der Waals surface area contributed by atoms with Crippen LogP contribution in [-0.4, -0.2) is 42.0 Å². The van der Waals surface area contributed by atoms with Crippen molar-refractivity contribution in [1.82, 2.24) is 15.2 Å². The molecular formula is C22H24ClN3O. The Hall–Kier alpha value is -2.43. The molecule has 0 saturated carbocycles. The van der Waals surface area contributed by atoms with Gasteiger partial charge in [-0.1, -0.05) is 42.0 Å². The molecule has 0 atom stereocenters. The third kappa shape index (κ3) is 3.82. The van der Waals surface area contributed by atoms with Gasteiger partial charge in [-0.25, -0.2) is 4.98 Å². The summed E-state index contributed by atoms with van der Waals surface area (Å²) in [4.78, 5) is 20.0. The highest BCUT2D eigenvalue weighted by Gasteiger charge is 2.21. The minimum Gasteiger partial charge on any atom is -0.336 e. The van der Waals surface area contributed by atoms with Crippen LogP contribution in [0.4, 0.5) is 0 Å². The Bertz CT molecular complexity index is 980. The molecule has 0 aliphatic carbocycles. The quantitative estimate of drug-likeness (QED) is 0.730. The summed E-state index contributed by atoms with van der Waals surface area (Å²) < 4.78 is 0. The van der Waals surface area contributed by atoms with Crippen LogP contribution in [0.1, 0.15) is 21.5 Å². The Kier molecular flexibility index (Phi) is 5.78. The summed E-state index contributed by atoms with van der Waals surface area (Å²) in [5.74, 6) is 0.0936. The second-order valence-electron chi connectivity index (χ2n) is 6.93. The maximum Gasteiger partial charge on any atom is 0.254 e. The average Bonchev–Trinajstić information content (AvgIpc) is 2.67. The number of nitrogens with one attached hydrogen (secondary N) is 1. The molecule has 1 aromatic heterocycles. The van der Waals surface area contributed by atoms with Crippen LogP contribution < -0.4 is 5.32 Å². The SMILES string of the molecule is Cc1ccc(-c2cc(C(=O)N3CCNCC3)c3ccccc3n2)c(C)c1.Cl. The molecule has 1 aliphatic rings. The fourth-order valence-corrected chi connectivity index (χ4v) is 3.63. The fraction of sp³-hybridized carbons (Fsp3) is 0.273. The van der Waals surface area contributed by atoms with Crippen molar-refractivity contribution in [3.05, 3.63) is 65.2 Å². The molecule has 140 valence electrons. The summed E-state index contributed by atoms with van der Waals surface area (Å²) in [7, 11) is 0. The highest BCUT2D eigenvalue weighted by Crippen LogP contribution is 2.28. The van der Waals surface area contributed by atoms with Crippen LogP contribution in [0, 0.1) is 13.8 Å². The lowest BCUT2D eigenvalue weighted by atomic mass is 9.99. The van der Waals surface area contributed by atoms with Gasteiger partial charge in [0.1, 0.15) is 0 Å². The van der Waals surface area contributed by atoms with Gasteiger partial charge in [-0.05, 0) is 31.5 Å². The molecule has 1 fully saturated rings. The summed E-state index contributed by atoms with van der Waals surface area (Å²) in [5, 5.41) is 4.22. The van der Waals surface area contributed by atoms with Gasteiger partial charge in [0.05, 0.1) is 16.8 Å². The number of halogens is 1. The topological polar surface area (TPSA) is 45.2 Å². The van der Waals surface area contributed by atoms with Gasteiger partial charge in [-0.3, -0.25) is 4.79 Å². The molecule has 0 radical (unpaired) electrons. The lowest BCUT2D eigenvalue weighted by Crippen LogP contribution is -2.46. The number of pyridine rings is 1. The Morgan fingerprint density at radius 3 is 2.52 bits per heavy atom. The Morgan fingerprint density at radius 2 is 1.78 bits per heavy atom. The van der Waals surface area contributed by atoms with E-state index < -0.39 is 0 Å². The number of aromatic nitrogens is 1. The predicted octanol–water partition coefficient (Wildman–Crippen LogP) is 3.99. The Labute approximate surface area is 166 Å². The second-order valence-corrected chi connectivity index (χ2v) is 6.93. The lowest BCUT2D eigenvalue weighted by Gasteiger charge is -2.28. The molecule has 4 rings (SSSR count). The monoisotopic (exact) mass is 381 g/mol. The standard InChI is InChI=1S/C22H23N3O.ClH/c1-15-7-8-17(16(2)13-15)21-14-19(18-5-3-4-6-20(18)24-21)22(26)25-11-9-23-10-12-25;/h3-8,13-14,23H,9-12H2,1-2H3;1H. The molecule has 1 N–H and O–H groups in total. The van der Waals surface area contributed by atoms with E-state index in [2.05, 4.69) is 37.4 Å². The van der Waals surface area contributed by atoms with Gasteiger partial charge in [0.2, 0.25) is 0 Å². The minimum atomic E-state index is 0. The first-order chi connectivity index (χ1) is 12.6. The normalized spacial score (nSPS) is 14.1. The molecule has 2 heterocycles. The van der Waals surface area contributed by atoms with E-state index in [1.165, 1.54) is 11.1 Å². The molecule has 5 heteroatoms. The minimum absolute atomic E-state index is 0. The Balaban J connectivity index is 0.00000210. The molecule has 2 aromatic carbocycles. The number of nitrogens with zero attached hydrogens (tertiary/aromatic N) is 2. The molecule has 27 heavy (non-hydrogen) atoms. The maximum absolute atomic E-state index is 13.2. The van der Waals surface area contributed by atoms with E-state index in [4.69, 9.17) is 4.98 Å². The largest absolute Gasteiger partial charge is 0.336 e. The predicted molar refractivity (Wildman–Crippen MR) is 113 cm³/mol. The van der Waals surface area contributed by atoms with Crippen molar-refractivity contribution in [2.75, 3.05) is 26.2 Å². The number of carbonyl (C=O) groups is 1. The van der Waals surface area contributed by atoms with Gasteiger partial charge in [-0.2, -0.15) is 0 Å². The summed E-state index contributed by atoms with van der Waals surface area (Å²) in [6.45, 7) is 7.36. The van der Waals surface area contributed by atoms with E-state index in [1.54, 1.807) is 0 Å². The van der Waals surface area contributed by atoms with Gasteiger partial charge in [0.25, 0.3) is 5.91 Å². The third-order valence-electron chi connectivity index (χ3n) is 5.01. The number of carbonyl (C=O) groups excluding carboxylic acids is 1. The highest BCUT2D eigenvalue weighted by molar-refractivity contribution is 6.07. The molecular weight excluding hydrogens is 358 g/mol.